The van der Waals surface area contributed by atoms with E-state index in [0.29, 0.717) is 17.2 Å². The fourth-order valence-corrected chi connectivity index (χ4v) is 2.49. The number of nitrogens with zero attached hydrogens (tertiary/aromatic N) is 1. The smallest absolute Gasteiger partial charge is 0.335 e. The van der Waals surface area contributed by atoms with E-state index in [1.54, 1.807) is 18.2 Å². The zero-order chi connectivity index (χ0) is 20.0. The summed E-state index contributed by atoms with van der Waals surface area (Å²) >= 11 is 0. The molecule has 0 saturated heterocycles. The Labute approximate surface area is 155 Å². The number of amides is 1. The Kier molecular flexibility index (Phi) is 6.73. The number of hydrogen-bond acceptors (Lipinski definition) is 5. The second-order valence-electron chi connectivity index (χ2n) is 5.49. The zero-order valence-corrected chi connectivity index (χ0v) is 15.2. The van der Waals surface area contributed by atoms with Crippen molar-refractivity contribution in [2.45, 2.75) is 0 Å². The summed E-state index contributed by atoms with van der Waals surface area (Å²) in [6.45, 7) is 0.375. The zero-order valence-electron chi connectivity index (χ0n) is 15.2. The first-order valence-electron chi connectivity index (χ1n) is 7.98. The third-order valence-corrected chi connectivity index (χ3v) is 3.89. The van der Waals surface area contributed by atoms with Crippen LogP contribution in [0, 0.1) is 5.82 Å². The monoisotopic (exact) mass is 377 g/mol. The molecular formula is C19H20FNO6. The molecule has 2 rings (SSSR count). The third-order valence-electron chi connectivity index (χ3n) is 3.89. The highest BCUT2D eigenvalue weighted by Crippen LogP contribution is 2.32. The predicted molar refractivity (Wildman–Crippen MR) is 96.5 cm³/mol. The molecule has 0 aliphatic rings. The van der Waals surface area contributed by atoms with Gasteiger partial charge in [0.25, 0.3) is 5.91 Å². The van der Waals surface area contributed by atoms with Crippen LogP contribution in [0.5, 0.6) is 11.5 Å². The normalized spacial score (nSPS) is 10.4. The average molecular weight is 377 g/mol. The molecule has 0 spiro atoms. The lowest BCUT2D eigenvalue weighted by Crippen LogP contribution is -2.34. The number of carbonyl (C=O) groups excluding carboxylic acids is 1. The molecule has 2 aromatic carbocycles. The molecule has 0 unspecified atom stereocenters. The number of ether oxygens (including phenoxy) is 3. The number of carboxylic acid groups (broad SMARTS) is 1. The van der Waals surface area contributed by atoms with Gasteiger partial charge in [0.1, 0.15) is 5.82 Å². The fourth-order valence-electron chi connectivity index (χ4n) is 2.49. The Balaban J connectivity index is 2.44. The second kappa shape index (κ2) is 9.00. The molecule has 0 radical (unpaired) electrons. The molecule has 0 bridgehead atoms. The van der Waals surface area contributed by atoms with Gasteiger partial charge >= 0.3 is 5.97 Å². The first-order chi connectivity index (χ1) is 12.9. The molecule has 8 heteroatoms. The maximum Gasteiger partial charge on any atom is 0.335 e. The van der Waals surface area contributed by atoms with Crippen LogP contribution in [0.3, 0.4) is 0 Å². The van der Waals surface area contributed by atoms with Crippen LogP contribution >= 0.6 is 0 Å². The number of carboxylic acids is 1. The Hall–Kier alpha value is -3.13. The minimum atomic E-state index is -1.27. The van der Waals surface area contributed by atoms with Gasteiger partial charge in [0, 0.05) is 25.4 Å². The van der Waals surface area contributed by atoms with Crippen molar-refractivity contribution < 1.29 is 33.3 Å². The number of halogens is 1. The van der Waals surface area contributed by atoms with E-state index in [1.165, 1.54) is 32.3 Å². The summed E-state index contributed by atoms with van der Waals surface area (Å²) < 4.78 is 29.8. The molecule has 0 aromatic heterocycles. The highest BCUT2D eigenvalue weighted by Gasteiger charge is 2.23. The summed E-state index contributed by atoms with van der Waals surface area (Å²) in [5.74, 6) is -1.93. The molecule has 0 saturated carbocycles. The van der Waals surface area contributed by atoms with Gasteiger partial charge in [-0.05, 0) is 30.3 Å². The van der Waals surface area contributed by atoms with Crippen LogP contribution in [0.4, 0.5) is 10.1 Å². The van der Waals surface area contributed by atoms with E-state index in [4.69, 9.17) is 19.3 Å². The van der Waals surface area contributed by atoms with Crippen LogP contribution in [-0.2, 0) is 4.74 Å². The number of anilines is 1. The number of hydrogen-bond donors (Lipinski definition) is 1. The second-order valence-corrected chi connectivity index (χ2v) is 5.49. The molecule has 0 heterocycles. The van der Waals surface area contributed by atoms with Crippen LogP contribution in [0.2, 0.25) is 0 Å². The van der Waals surface area contributed by atoms with Crippen molar-refractivity contribution in [3.63, 3.8) is 0 Å². The lowest BCUT2D eigenvalue weighted by molar-refractivity contribution is 0.0695. The van der Waals surface area contributed by atoms with Crippen molar-refractivity contribution in [1.29, 1.82) is 0 Å². The summed E-state index contributed by atoms with van der Waals surface area (Å²) in [7, 11) is 4.44. The van der Waals surface area contributed by atoms with Gasteiger partial charge in [-0.1, -0.05) is 0 Å². The molecular weight excluding hydrogens is 357 g/mol. The first-order valence-corrected chi connectivity index (χ1v) is 7.98. The van der Waals surface area contributed by atoms with E-state index in [0.717, 1.165) is 12.1 Å². The Morgan fingerprint density at radius 1 is 1.04 bits per heavy atom. The molecule has 0 aliphatic heterocycles. The lowest BCUT2D eigenvalue weighted by atomic mass is 10.1. The van der Waals surface area contributed by atoms with Gasteiger partial charge in [0.2, 0.25) is 0 Å². The van der Waals surface area contributed by atoms with Gasteiger partial charge in [0.05, 0.1) is 32.0 Å². The van der Waals surface area contributed by atoms with Crippen LogP contribution in [0.1, 0.15) is 20.7 Å². The molecule has 2 aromatic rings. The van der Waals surface area contributed by atoms with Crippen molar-refractivity contribution in [1.82, 2.24) is 0 Å². The molecule has 1 amide bonds. The fraction of sp³-hybridized carbons (Fsp3) is 0.263. The molecule has 7 nitrogen and oxygen atoms in total. The Morgan fingerprint density at radius 3 is 2.30 bits per heavy atom. The number of aromatic carboxylic acids is 1. The number of carbonyl (C=O) groups is 2. The molecule has 1 N–H and O–H groups in total. The summed E-state index contributed by atoms with van der Waals surface area (Å²) in [4.78, 5) is 25.2. The minimum Gasteiger partial charge on any atom is -0.493 e. The van der Waals surface area contributed by atoms with Gasteiger partial charge in [-0.15, -0.1) is 0 Å². The van der Waals surface area contributed by atoms with E-state index in [1.807, 2.05) is 0 Å². The van der Waals surface area contributed by atoms with Crippen molar-refractivity contribution in [3.8, 4) is 11.5 Å². The van der Waals surface area contributed by atoms with E-state index >= 15 is 0 Å². The van der Waals surface area contributed by atoms with Crippen molar-refractivity contribution >= 4 is 17.6 Å². The van der Waals surface area contributed by atoms with Crippen LogP contribution in [-0.4, -0.2) is 51.5 Å². The minimum absolute atomic E-state index is 0.158. The van der Waals surface area contributed by atoms with Gasteiger partial charge in [-0.25, -0.2) is 9.18 Å². The van der Waals surface area contributed by atoms with Gasteiger partial charge in [-0.2, -0.15) is 0 Å². The number of methoxy groups -OCH3 is 3. The third kappa shape index (κ3) is 4.53. The lowest BCUT2D eigenvalue weighted by Gasteiger charge is -2.24. The maximum atomic E-state index is 14.3. The Bertz CT molecular complexity index is 839. The largest absolute Gasteiger partial charge is 0.493 e. The summed E-state index contributed by atoms with van der Waals surface area (Å²) in [6.07, 6.45) is 0. The van der Waals surface area contributed by atoms with Crippen molar-refractivity contribution in [2.75, 3.05) is 39.4 Å². The Morgan fingerprint density at radius 2 is 1.74 bits per heavy atom. The topological polar surface area (TPSA) is 85.3 Å². The SMILES string of the molecule is COCCN(C(=O)c1ccc(C(=O)O)cc1F)c1ccc(OC)c(OC)c1. The van der Waals surface area contributed by atoms with E-state index in [2.05, 4.69) is 0 Å². The van der Waals surface area contributed by atoms with E-state index in [-0.39, 0.29) is 24.3 Å². The van der Waals surface area contributed by atoms with Gasteiger partial charge < -0.3 is 24.2 Å². The van der Waals surface area contributed by atoms with E-state index in [9.17, 15) is 14.0 Å². The van der Waals surface area contributed by atoms with Crippen LogP contribution in [0.25, 0.3) is 0 Å². The van der Waals surface area contributed by atoms with Crippen molar-refractivity contribution in [2.24, 2.45) is 0 Å². The highest BCUT2D eigenvalue weighted by molar-refractivity contribution is 6.07. The van der Waals surface area contributed by atoms with Crippen molar-refractivity contribution in [3.05, 3.63) is 53.3 Å². The number of benzene rings is 2. The highest BCUT2D eigenvalue weighted by atomic mass is 19.1. The summed E-state index contributed by atoms with van der Waals surface area (Å²) in [5.41, 5.74) is -0.0269. The standard InChI is InChI=1S/C19H20FNO6/c1-25-9-8-21(13-5-7-16(26-2)17(11-13)27-3)18(22)14-6-4-12(19(23)24)10-15(14)20/h4-7,10-11H,8-9H2,1-3H3,(H,23,24). The number of rotatable bonds is 8. The quantitative estimate of drug-likeness (QED) is 0.761. The van der Waals surface area contributed by atoms with E-state index < -0.39 is 17.7 Å². The van der Waals surface area contributed by atoms with Gasteiger partial charge in [-0.3, -0.25) is 4.79 Å². The molecule has 0 aliphatic carbocycles. The molecule has 0 atom stereocenters. The summed E-state index contributed by atoms with van der Waals surface area (Å²) in [5, 5.41) is 8.94. The molecule has 27 heavy (non-hydrogen) atoms. The predicted octanol–water partition coefficient (Wildman–Crippen LogP) is 2.83. The average Bonchev–Trinajstić information content (AvgIpc) is 2.67. The van der Waals surface area contributed by atoms with Crippen LogP contribution in [0.15, 0.2) is 36.4 Å². The molecule has 0 fully saturated rings. The first kappa shape index (κ1) is 20.2. The van der Waals surface area contributed by atoms with Crippen LogP contribution < -0.4 is 14.4 Å². The molecule has 144 valence electrons. The maximum absolute atomic E-state index is 14.3. The van der Waals surface area contributed by atoms with Gasteiger partial charge in [0.15, 0.2) is 11.5 Å². The summed E-state index contributed by atoms with van der Waals surface area (Å²) in [6, 6.07) is 8.02.